The Morgan fingerprint density at radius 1 is 0.912 bits per heavy atom. The van der Waals surface area contributed by atoms with E-state index in [1.54, 1.807) is 0 Å². The van der Waals surface area contributed by atoms with Gasteiger partial charge in [0.15, 0.2) is 0 Å². The average Bonchev–Trinajstić information content (AvgIpc) is 3.20. The van der Waals surface area contributed by atoms with Crippen LogP contribution in [0.15, 0.2) is 79.0 Å². The van der Waals surface area contributed by atoms with Crippen LogP contribution in [0.25, 0.3) is 10.9 Å². The molecule has 1 aliphatic heterocycles. The van der Waals surface area contributed by atoms with E-state index in [0.29, 0.717) is 19.5 Å². The highest BCUT2D eigenvalue weighted by Crippen LogP contribution is 2.35. The molecule has 4 aromatic rings. The van der Waals surface area contributed by atoms with Crippen LogP contribution >= 0.6 is 0 Å². The summed E-state index contributed by atoms with van der Waals surface area (Å²) in [6.07, 6.45) is 2.48. The van der Waals surface area contributed by atoms with Crippen molar-refractivity contribution in [3.8, 4) is 0 Å². The van der Waals surface area contributed by atoms with E-state index < -0.39 is 0 Å². The van der Waals surface area contributed by atoms with Gasteiger partial charge in [0.2, 0.25) is 5.91 Å². The molecule has 0 radical (unpaired) electrons. The van der Waals surface area contributed by atoms with Crippen LogP contribution in [0.3, 0.4) is 0 Å². The van der Waals surface area contributed by atoms with Gasteiger partial charge in [0.25, 0.3) is 0 Å². The van der Waals surface area contributed by atoms with Gasteiger partial charge in [-0.15, -0.1) is 0 Å². The van der Waals surface area contributed by atoms with Crippen LogP contribution in [0.1, 0.15) is 29.0 Å². The van der Waals surface area contributed by atoms with Gasteiger partial charge in [-0.3, -0.25) is 4.79 Å². The van der Waals surface area contributed by atoms with Crippen molar-refractivity contribution in [2.24, 2.45) is 7.05 Å². The predicted octanol–water partition coefficient (Wildman–Crippen LogP) is 5.50. The summed E-state index contributed by atoms with van der Waals surface area (Å²) >= 11 is 0. The highest BCUT2D eigenvalue weighted by atomic mass is 19.1. The van der Waals surface area contributed by atoms with Gasteiger partial charge in [-0.05, 0) is 47.9 Å². The molecule has 4 nitrogen and oxygen atoms in total. The number of hydrogen-bond donors (Lipinski definition) is 0. The second kappa shape index (κ2) is 9.34. The number of benzene rings is 3. The van der Waals surface area contributed by atoms with Crippen LogP contribution < -0.4 is 4.90 Å². The van der Waals surface area contributed by atoms with Gasteiger partial charge in [-0.25, -0.2) is 4.39 Å². The highest BCUT2D eigenvalue weighted by Gasteiger charge is 2.27. The maximum atomic E-state index is 13.7. The zero-order chi connectivity index (χ0) is 23.7. The molecular formula is C29H30FN3O. The molecular weight excluding hydrogens is 425 g/mol. The number of carbonyl (C=O) groups excluding carboxylic acids is 1. The number of halogens is 1. The number of amides is 1. The third-order valence-electron chi connectivity index (χ3n) is 7.04. The number of anilines is 1. The fraction of sp³-hybridized carbons (Fsp3) is 0.276. The molecule has 1 aromatic heterocycles. The van der Waals surface area contributed by atoms with Crippen LogP contribution in [0.2, 0.25) is 0 Å². The summed E-state index contributed by atoms with van der Waals surface area (Å²) in [6.45, 7) is 5.19. The molecule has 3 aromatic carbocycles. The molecule has 2 heterocycles. The first kappa shape index (κ1) is 22.2. The van der Waals surface area contributed by atoms with Crippen LogP contribution in [0.5, 0.6) is 0 Å². The summed E-state index contributed by atoms with van der Waals surface area (Å²) in [5.41, 5.74) is 5.70. The second-order valence-corrected chi connectivity index (χ2v) is 9.18. The molecule has 0 bridgehead atoms. The highest BCUT2D eigenvalue weighted by molar-refractivity contribution is 5.86. The molecule has 0 saturated carbocycles. The Hall–Kier alpha value is -3.60. The fourth-order valence-electron chi connectivity index (χ4n) is 5.17. The van der Waals surface area contributed by atoms with Crippen LogP contribution in [0.4, 0.5) is 10.1 Å². The SMILES string of the molecule is Cc1ccccc1N1CCN(C(=O)CC(c2ccc(F)cc2)c2cn(C)c3ccccc23)CC1. The molecule has 34 heavy (non-hydrogen) atoms. The molecule has 1 aliphatic rings. The molecule has 5 heteroatoms. The lowest BCUT2D eigenvalue weighted by Crippen LogP contribution is -2.49. The molecule has 5 rings (SSSR count). The summed E-state index contributed by atoms with van der Waals surface area (Å²) in [4.78, 5) is 17.8. The largest absolute Gasteiger partial charge is 0.368 e. The first-order chi connectivity index (χ1) is 16.5. The molecule has 0 N–H and O–H groups in total. The molecule has 0 aliphatic carbocycles. The lowest BCUT2D eigenvalue weighted by atomic mass is 9.87. The number of piperazine rings is 1. The monoisotopic (exact) mass is 455 g/mol. The smallest absolute Gasteiger partial charge is 0.223 e. The zero-order valence-electron chi connectivity index (χ0n) is 19.7. The minimum absolute atomic E-state index is 0.131. The average molecular weight is 456 g/mol. The minimum atomic E-state index is -0.265. The summed E-state index contributed by atoms with van der Waals surface area (Å²) in [5, 5.41) is 1.14. The van der Waals surface area contributed by atoms with Crippen LogP contribution in [-0.4, -0.2) is 41.6 Å². The Morgan fingerprint density at radius 2 is 1.59 bits per heavy atom. The summed E-state index contributed by atoms with van der Waals surface area (Å²) in [6, 6.07) is 23.2. The summed E-state index contributed by atoms with van der Waals surface area (Å²) in [7, 11) is 2.03. The van der Waals surface area contributed by atoms with Gasteiger partial charge in [0, 0.05) is 68.4 Å². The molecule has 1 atom stereocenters. The normalized spacial score (nSPS) is 15.0. The van der Waals surface area contributed by atoms with E-state index in [2.05, 4.69) is 59.0 Å². The summed E-state index contributed by atoms with van der Waals surface area (Å²) in [5.74, 6) is -0.251. The van der Waals surface area contributed by atoms with Crippen LogP contribution in [0, 0.1) is 12.7 Å². The van der Waals surface area contributed by atoms with E-state index in [-0.39, 0.29) is 17.6 Å². The fourth-order valence-corrected chi connectivity index (χ4v) is 5.17. The van der Waals surface area contributed by atoms with Gasteiger partial charge < -0.3 is 14.4 Å². The van der Waals surface area contributed by atoms with Gasteiger partial charge in [-0.2, -0.15) is 0 Å². The third kappa shape index (κ3) is 4.30. The molecule has 1 fully saturated rings. The Labute approximate surface area is 200 Å². The number of rotatable bonds is 5. The lowest BCUT2D eigenvalue weighted by Gasteiger charge is -2.37. The van der Waals surface area contributed by atoms with E-state index in [1.807, 2.05) is 36.2 Å². The van der Waals surface area contributed by atoms with Gasteiger partial charge >= 0.3 is 0 Å². The van der Waals surface area contributed by atoms with Gasteiger partial charge in [-0.1, -0.05) is 48.5 Å². The van der Waals surface area contributed by atoms with Crippen molar-refractivity contribution in [3.63, 3.8) is 0 Å². The molecule has 1 saturated heterocycles. The van der Waals surface area contributed by atoms with Crippen molar-refractivity contribution in [1.82, 2.24) is 9.47 Å². The summed E-state index contributed by atoms with van der Waals surface area (Å²) < 4.78 is 15.8. The topological polar surface area (TPSA) is 28.5 Å². The van der Waals surface area contributed by atoms with Crippen molar-refractivity contribution >= 4 is 22.5 Å². The van der Waals surface area contributed by atoms with E-state index in [4.69, 9.17) is 0 Å². The predicted molar refractivity (Wildman–Crippen MR) is 136 cm³/mol. The van der Waals surface area contributed by atoms with Crippen molar-refractivity contribution in [2.75, 3.05) is 31.1 Å². The van der Waals surface area contributed by atoms with Crippen molar-refractivity contribution in [3.05, 3.63) is 102 Å². The van der Waals surface area contributed by atoms with Gasteiger partial charge in [0.05, 0.1) is 0 Å². The first-order valence-corrected chi connectivity index (χ1v) is 11.9. The van der Waals surface area contributed by atoms with Gasteiger partial charge in [0.1, 0.15) is 5.82 Å². The van der Waals surface area contributed by atoms with E-state index in [0.717, 1.165) is 35.1 Å². The Morgan fingerprint density at radius 3 is 2.32 bits per heavy atom. The quantitative estimate of drug-likeness (QED) is 0.398. The Kier molecular flexibility index (Phi) is 6.10. The number of para-hydroxylation sites is 2. The Bertz CT molecular complexity index is 1300. The maximum Gasteiger partial charge on any atom is 0.223 e. The third-order valence-corrected chi connectivity index (χ3v) is 7.04. The van der Waals surface area contributed by atoms with Crippen molar-refractivity contribution < 1.29 is 9.18 Å². The van der Waals surface area contributed by atoms with E-state index >= 15 is 0 Å². The number of hydrogen-bond acceptors (Lipinski definition) is 2. The minimum Gasteiger partial charge on any atom is -0.368 e. The molecule has 174 valence electrons. The number of carbonyl (C=O) groups is 1. The second-order valence-electron chi connectivity index (χ2n) is 9.18. The van der Waals surface area contributed by atoms with E-state index in [9.17, 15) is 9.18 Å². The lowest BCUT2D eigenvalue weighted by molar-refractivity contribution is -0.131. The first-order valence-electron chi connectivity index (χ1n) is 11.9. The molecule has 1 amide bonds. The van der Waals surface area contributed by atoms with Crippen molar-refractivity contribution in [1.29, 1.82) is 0 Å². The molecule has 1 unspecified atom stereocenters. The maximum absolute atomic E-state index is 13.7. The molecule has 0 spiro atoms. The number of aromatic nitrogens is 1. The number of nitrogens with zero attached hydrogens (tertiary/aromatic N) is 3. The Balaban J connectivity index is 1.38. The van der Waals surface area contributed by atoms with Crippen LogP contribution in [-0.2, 0) is 11.8 Å². The van der Waals surface area contributed by atoms with Crippen molar-refractivity contribution in [2.45, 2.75) is 19.3 Å². The number of aryl methyl sites for hydroxylation is 2. The standard InChI is InChI=1S/C29H30FN3O/c1-21-7-3-5-9-27(21)32-15-17-33(18-16-32)29(34)19-25(22-11-13-23(30)14-12-22)26-20-31(2)28-10-6-4-8-24(26)28/h3-14,20,25H,15-19H2,1-2H3. The zero-order valence-corrected chi connectivity index (χ0v) is 19.7. The number of fused-ring (bicyclic) bond motifs is 1. The van der Waals surface area contributed by atoms with E-state index in [1.165, 1.54) is 23.4 Å².